The van der Waals surface area contributed by atoms with Gasteiger partial charge in [0.05, 0.1) is 0 Å². The van der Waals surface area contributed by atoms with Crippen LogP contribution in [0.1, 0.15) is 11.1 Å². The summed E-state index contributed by atoms with van der Waals surface area (Å²) < 4.78 is 5.94. The van der Waals surface area contributed by atoms with Crippen LogP contribution in [0.5, 0.6) is 0 Å². The van der Waals surface area contributed by atoms with Gasteiger partial charge in [0, 0.05) is 23.3 Å². The first-order valence-electron chi connectivity index (χ1n) is 6.91. The summed E-state index contributed by atoms with van der Waals surface area (Å²) in [6.45, 7) is 4.04. The van der Waals surface area contributed by atoms with E-state index in [9.17, 15) is 4.79 Å². The zero-order chi connectivity index (χ0) is 14.8. The van der Waals surface area contributed by atoms with Gasteiger partial charge in [0.1, 0.15) is 11.5 Å². The van der Waals surface area contributed by atoms with Crippen LogP contribution in [0, 0.1) is 13.8 Å². The van der Waals surface area contributed by atoms with Gasteiger partial charge >= 0.3 is 0 Å². The molecule has 0 radical (unpaired) electrons. The van der Waals surface area contributed by atoms with Crippen molar-refractivity contribution in [2.24, 2.45) is 0 Å². The Labute approximate surface area is 123 Å². The highest BCUT2D eigenvalue weighted by Crippen LogP contribution is 2.25. The molecule has 0 unspecified atom stereocenters. The third-order valence-corrected chi connectivity index (χ3v) is 3.37. The SMILES string of the molecule is Cc1cccc(-c2cc(=O)cc(-c3cccc(C)c3)o2)c1. The Bertz CT molecular complexity index is 777. The fraction of sp³-hybridized carbons (Fsp3) is 0.105. The Hall–Kier alpha value is -2.61. The lowest BCUT2D eigenvalue weighted by Gasteiger charge is -2.06. The topological polar surface area (TPSA) is 30.2 Å². The van der Waals surface area contributed by atoms with Crippen molar-refractivity contribution < 1.29 is 4.42 Å². The summed E-state index contributed by atoms with van der Waals surface area (Å²) in [6.07, 6.45) is 0. The summed E-state index contributed by atoms with van der Waals surface area (Å²) in [5.74, 6) is 1.20. The molecule has 0 atom stereocenters. The molecule has 2 heteroatoms. The summed E-state index contributed by atoms with van der Waals surface area (Å²) in [5, 5.41) is 0. The van der Waals surface area contributed by atoms with E-state index in [1.807, 2.05) is 62.4 Å². The zero-order valence-corrected chi connectivity index (χ0v) is 12.1. The van der Waals surface area contributed by atoms with E-state index >= 15 is 0 Å². The molecule has 104 valence electrons. The van der Waals surface area contributed by atoms with Crippen LogP contribution in [0.15, 0.2) is 69.9 Å². The molecule has 2 nitrogen and oxygen atoms in total. The van der Waals surface area contributed by atoms with Gasteiger partial charge in [-0.25, -0.2) is 0 Å². The molecule has 0 saturated carbocycles. The number of benzene rings is 2. The maximum absolute atomic E-state index is 12.0. The predicted octanol–water partition coefficient (Wildman–Crippen LogP) is 4.59. The van der Waals surface area contributed by atoms with Crippen molar-refractivity contribution in [2.45, 2.75) is 13.8 Å². The number of hydrogen-bond acceptors (Lipinski definition) is 2. The molecule has 0 aliphatic rings. The summed E-state index contributed by atoms with van der Waals surface area (Å²) in [6, 6.07) is 19.0. The van der Waals surface area contributed by atoms with Crippen LogP contribution < -0.4 is 5.43 Å². The van der Waals surface area contributed by atoms with Gasteiger partial charge in [-0.1, -0.05) is 47.5 Å². The Morgan fingerprint density at radius 3 is 1.62 bits per heavy atom. The molecule has 1 aromatic heterocycles. The third kappa shape index (κ3) is 2.95. The highest BCUT2D eigenvalue weighted by Gasteiger charge is 2.07. The smallest absolute Gasteiger partial charge is 0.186 e. The van der Waals surface area contributed by atoms with Gasteiger partial charge in [0.15, 0.2) is 5.43 Å². The quantitative estimate of drug-likeness (QED) is 0.685. The van der Waals surface area contributed by atoms with Crippen LogP contribution >= 0.6 is 0 Å². The average Bonchev–Trinajstić information content (AvgIpc) is 2.46. The van der Waals surface area contributed by atoms with E-state index < -0.39 is 0 Å². The molecule has 0 fully saturated rings. The van der Waals surface area contributed by atoms with Crippen molar-refractivity contribution in [3.8, 4) is 22.6 Å². The number of aryl methyl sites for hydroxylation is 2. The molecule has 0 N–H and O–H groups in total. The van der Waals surface area contributed by atoms with E-state index in [-0.39, 0.29) is 5.43 Å². The van der Waals surface area contributed by atoms with Crippen molar-refractivity contribution in [2.75, 3.05) is 0 Å². The van der Waals surface area contributed by atoms with Gasteiger partial charge in [0.25, 0.3) is 0 Å². The van der Waals surface area contributed by atoms with Crippen LogP contribution in [0.2, 0.25) is 0 Å². The molecular formula is C19H16O2. The largest absolute Gasteiger partial charge is 0.456 e. The molecule has 0 spiro atoms. The van der Waals surface area contributed by atoms with Gasteiger partial charge in [-0.15, -0.1) is 0 Å². The summed E-state index contributed by atoms with van der Waals surface area (Å²) >= 11 is 0. The molecule has 0 bridgehead atoms. The van der Waals surface area contributed by atoms with E-state index in [1.165, 1.54) is 12.1 Å². The van der Waals surface area contributed by atoms with Crippen molar-refractivity contribution in [3.63, 3.8) is 0 Å². The first-order valence-corrected chi connectivity index (χ1v) is 6.91. The highest BCUT2D eigenvalue weighted by molar-refractivity contribution is 5.63. The van der Waals surface area contributed by atoms with Crippen LogP contribution in [0.25, 0.3) is 22.6 Å². The van der Waals surface area contributed by atoms with Crippen LogP contribution in [0.4, 0.5) is 0 Å². The molecule has 1 heterocycles. The van der Waals surface area contributed by atoms with Gasteiger partial charge in [-0.05, 0) is 26.0 Å². The lowest BCUT2D eigenvalue weighted by molar-refractivity contribution is 0.580. The van der Waals surface area contributed by atoms with E-state index in [0.717, 1.165) is 22.3 Å². The molecule has 21 heavy (non-hydrogen) atoms. The summed E-state index contributed by atoms with van der Waals surface area (Å²) in [4.78, 5) is 12.0. The number of rotatable bonds is 2. The van der Waals surface area contributed by atoms with Crippen molar-refractivity contribution in [3.05, 3.63) is 82.0 Å². The minimum atomic E-state index is -0.0470. The molecule has 0 aliphatic heterocycles. The molecule has 0 aliphatic carbocycles. The van der Waals surface area contributed by atoms with Crippen molar-refractivity contribution in [1.82, 2.24) is 0 Å². The van der Waals surface area contributed by atoms with Crippen molar-refractivity contribution in [1.29, 1.82) is 0 Å². The maximum atomic E-state index is 12.0. The van der Waals surface area contributed by atoms with E-state index in [0.29, 0.717) is 11.5 Å². The Morgan fingerprint density at radius 2 is 1.19 bits per heavy atom. The van der Waals surface area contributed by atoms with Gasteiger partial charge in [-0.2, -0.15) is 0 Å². The Balaban J connectivity index is 2.15. The minimum Gasteiger partial charge on any atom is -0.456 e. The molecule has 0 saturated heterocycles. The second-order valence-corrected chi connectivity index (χ2v) is 5.26. The zero-order valence-electron chi connectivity index (χ0n) is 12.1. The lowest BCUT2D eigenvalue weighted by Crippen LogP contribution is -1.98. The number of hydrogen-bond donors (Lipinski definition) is 0. The van der Waals surface area contributed by atoms with E-state index in [2.05, 4.69) is 0 Å². The first-order chi connectivity index (χ1) is 10.1. The predicted molar refractivity (Wildman–Crippen MR) is 85.3 cm³/mol. The lowest BCUT2D eigenvalue weighted by atomic mass is 10.1. The second-order valence-electron chi connectivity index (χ2n) is 5.26. The van der Waals surface area contributed by atoms with Crippen molar-refractivity contribution >= 4 is 0 Å². The van der Waals surface area contributed by atoms with Gasteiger partial charge in [-0.3, -0.25) is 4.79 Å². The molecule has 3 rings (SSSR count). The van der Waals surface area contributed by atoms with Crippen LogP contribution in [0.3, 0.4) is 0 Å². The summed E-state index contributed by atoms with van der Waals surface area (Å²) in [5.41, 5.74) is 4.06. The Morgan fingerprint density at radius 1 is 0.714 bits per heavy atom. The molecule has 0 amide bonds. The summed E-state index contributed by atoms with van der Waals surface area (Å²) in [7, 11) is 0. The average molecular weight is 276 g/mol. The third-order valence-electron chi connectivity index (χ3n) is 3.37. The van der Waals surface area contributed by atoms with Gasteiger partial charge < -0.3 is 4.42 Å². The fourth-order valence-corrected chi connectivity index (χ4v) is 2.36. The monoisotopic (exact) mass is 276 g/mol. The standard InChI is InChI=1S/C19H16O2/c1-13-5-3-7-15(9-13)18-11-17(20)12-19(21-18)16-8-4-6-14(2)10-16/h3-12H,1-2H3. The Kier molecular flexibility index (Phi) is 3.44. The normalized spacial score (nSPS) is 10.6. The van der Waals surface area contributed by atoms with E-state index in [1.54, 1.807) is 0 Å². The first kappa shape index (κ1) is 13.4. The van der Waals surface area contributed by atoms with Gasteiger partial charge in [0.2, 0.25) is 0 Å². The molecular weight excluding hydrogens is 260 g/mol. The maximum Gasteiger partial charge on any atom is 0.186 e. The van der Waals surface area contributed by atoms with Crippen LogP contribution in [-0.2, 0) is 0 Å². The van der Waals surface area contributed by atoms with Crippen LogP contribution in [-0.4, -0.2) is 0 Å². The fourth-order valence-electron chi connectivity index (χ4n) is 2.36. The molecule has 2 aromatic carbocycles. The minimum absolute atomic E-state index is 0.0470. The molecule has 3 aromatic rings. The second kappa shape index (κ2) is 5.41. The highest BCUT2D eigenvalue weighted by atomic mass is 16.3. The van der Waals surface area contributed by atoms with E-state index in [4.69, 9.17) is 4.42 Å².